The van der Waals surface area contributed by atoms with E-state index >= 15 is 0 Å². The Morgan fingerprint density at radius 2 is 0.625 bits per heavy atom. The van der Waals surface area contributed by atoms with Crippen LogP contribution in [0.2, 0.25) is 0 Å². The summed E-state index contributed by atoms with van der Waals surface area (Å²) in [7, 11) is 0. The van der Waals surface area contributed by atoms with E-state index < -0.39 is 0 Å². The van der Waals surface area contributed by atoms with Gasteiger partial charge in [0.15, 0.2) is 0 Å². The van der Waals surface area contributed by atoms with E-state index in [0.29, 0.717) is 0 Å². The predicted molar refractivity (Wildman–Crippen MR) is 50.7 cm³/mol. The van der Waals surface area contributed by atoms with Crippen LogP contribution in [0.25, 0.3) is 0 Å². The third kappa shape index (κ3) is 467. The smallest absolute Gasteiger partial charge is 0.855 e. The van der Waals surface area contributed by atoms with Gasteiger partial charge >= 0.3 is 49.3 Å². The van der Waals surface area contributed by atoms with E-state index in [2.05, 4.69) is 0 Å². The molecule has 0 fully saturated rings. The summed E-state index contributed by atoms with van der Waals surface area (Å²) in [5.74, 6) is 0. The molecule has 0 rings (SSSR count). The molecule has 0 aliphatic heterocycles. The van der Waals surface area contributed by atoms with Gasteiger partial charge in [0.25, 0.3) is 0 Å². The Labute approximate surface area is 169 Å². The first kappa shape index (κ1) is 50.8. The summed E-state index contributed by atoms with van der Waals surface area (Å²) < 4.78 is 0. The minimum atomic E-state index is 0. The topological polar surface area (TPSA) is 92.2 Å². The van der Waals surface area contributed by atoms with Crippen molar-refractivity contribution in [3.63, 3.8) is 0 Å². The van der Waals surface area contributed by atoms with E-state index in [9.17, 15) is 0 Å². The third-order valence-electron chi connectivity index (χ3n) is 0. The van der Waals surface area contributed by atoms with E-state index in [1.807, 2.05) is 0 Å². The summed E-state index contributed by atoms with van der Waals surface area (Å²) >= 11 is 0. The molecule has 0 heterocycles. The van der Waals surface area contributed by atoms with Gasteiger partial charge in [-0.3, -0.25) is 0 Å². The van der Waals surface area contributed by atoms with E-state index in [1.54, 1.807) is 27.7 Å². The van der Waals surface area contributed by atoms with E-state index in [-0.39, 0.29) is 123 Å². The van der Waals surface area contributed by atoms with Gasteiger partial charge in [0, 0.05) is 47.6 Å². The fourth-order valence-corrected chi connectivity index (χ4v) is 0. The van der Waals surface area contributed by atoms with Gasteiger partial charge in [-0.05, 0) is 0 Å². The van der Waals surface area contributed by atoms with Gasteiger partial charge in [-0.2, -0.15) is 0 Å². The molecule has 0 spiro atoms. The van der Waals surface area contributed by atoms with Crippen LogP contribution < -0.4 is 20.4 Å². The number of rotatable bonds is 0. The van der Waals surface area contributed by atoms with E-state index in [4.69, 9.17) is 20.4 Å². The van der Waals surface area contributed by atoms with Crippen LogP contribution in [0, 0.1) is 0 Å². The van der Waals surface area contributed by atoms with Crippen molar-refractivity contribution in [2.45, 2.75) is 27.7 Å². The molecular weight excluding hydrogens is 502 g/mol. The average Bonchev–Trinajstić information content (AvgIpc) is 1.92. The SMILES string of the molecule is CC[O-].CC[O-].CC[O-].CC[O-].[Hf].[MgH2].[Ti].[Zr+4]. The molecular formula is C8H22HfMgO4TiZr. The molecule has 0 unspecified atom stereocenters. The molecule has 0 N–H and O–H groups in total. The maximum absolute atomic E-state index is 8.93. The fraction of sp³-hybridized carbons (Fsp3) is 1.00. The zero-order valence-electron chi connectivity index (χ0n) is 9.96. The second-order valence-electron chi connectivity index (χ2n) is 1.15. The van der Waals surface area contributed by atoms with Gasteiger partial charge in [0.1, 0.15) is 0 Å². The second kappa shape index (κ2) is 105. The Bertz CT molecular complexity index is 40.0. The van der Waals surface area contributed by atoms with Crippen LogP contribution in [-0.2, 0) is 73.8 Å². The second-order valence-corrected chi connectivity index (χ2v) is 1.15. The molecule has 0 aliphatic rings. The van der Waals surface area contributed by atoms with Crippen molar-refractivity contribution in [2.24, 2.45) is 0 Å². The zero-order chi connectivity index (χ0) is 10.8. The molecule has 0 atom stereocenters. The van der Waals surface area contributed by atoms with Crippen LogP contribution >= 0.6 is 0 Å². The normalized spacial score (nSPS) is 4.50. The first-order valence-corrected chi connectivity index (χ1v) is 3.98. The van der Waals surface area contributed by atoms with Crippen molar-refractivity contribution in [3.05, 3.63) is 0 Å². The number of hydrogen-bond donors (Lipinski definition) is 0. The van der Waals surface area contributed by atoms with E-state index in [0.717, 1.165) is 0 Å². The molecule has 0 aromatic heterocycles. The molecule has 4 nitrogen and oxygen atoms in total. The van der Waals surface area contributed by atoms with Crippen molar-refractivity contribution >= 4 is 23.1 Å². The van der Waals surface area contributed by atoms with Crippen LogP contribution in [0.1, 0.15) is 27.7 Å². The molecule has 8 heteroatoms. The minimum absolute atomic E-state index is 0. The largest absolute Gasteiger partial charge is 4.00 e. The van der Waals surface area contributed by atoms with Crippen LogP contribution in [0.5, 0.6) is 0 Å². The zero-order valence-corrected chi connectivity index (χ0v) is 17.6. The Hall–Kier alpha value is 3.07. The molecule has 0 amide bonds. The van der Waals surface area contributed by atoms with E-state index in [1.165, 1.54) is 0 Å². The van der Waals surface area contributed by atoms with Gasteiger partial charge < -0.3 is 20.4 Å². The summed E-state index contributed by atoms with van der Waals surface area (Å²) in [6, 6.07) is 0. The van der Waals surface area contributed by atoms with Gasteiger partial charge in [-0.25, -0.2) is 0 Å². The average molecular weight is 524 g/mol. The molecule has 0 saturated heterocycles. The molecule has 0 radical (unpaired) electrons. The van der Waals surface area contributed by atoms with Gasteiger partial charge in [-0.1, -0.05) is 27.7 Å². The molecule has 0 aromatic carbocycles. The fourth-order valence-electron chi connectivity index (χ4n) is 0. The van der Waals surface area contributed by atoms with Crippen LogP contribution in [0.4, 0.5) is 0 Å². The quantitative estimate of drug-likeness (QED) is 0.309. The van der Waals surface area contributed by atoms with Crippen molar-refractivity contribution in [1.29, 1.82) is 0 Å². The number of hydrogen-bond acceptors (Lipinski definition) is 4. The molecule has 0 bridgehead atoms. The molecule has 0 aromatic rings. The van der Waals surface area contributed by atoms with Gasteiger partial charge in [0.2, 0.25) is 0 Å². The van der Waals surface area contributed by atoms with Crippen molar-refractivity contribution in [1.82, 2.24) is 0 Å². The van der Waals surface area contributed by atoms with Crippen LogP contribution in [0.15, 0.2) is 0 Å². The standard InChI is InChI=1S/4C2H5O.Hf.Mg.Ti.Zr.2H/c4*1-2-3;;;;;;/h4*2H2,1H3;;;;;;/q4*-1;;;;+4;;. The van der Waals surface area contributed by atoms with Crippen LogP contribution in [-0.4, -0.2) is 49.5 Å². The Morgan fingerprint density at radius 3 is 0.625 bits per heavy atom. The minimum Gasteiger partial charge on any atom is -0.855 e. The summed E-state index contributed by atoms with van der Waals surface area (Å²) in [6.45, 7) is 6.28. The first-order chi connectivity index (χ1) is 5.66. The van der Waals surface area contributed by atoms with Crippen molar-refractivity contribution < 1.29 is 94.2 Å². The molecule has 16 heavy (non-hydrogen) atoms. The van der Waals surface area contributed by atoms with Gasteiger partial charge in [0.05, 0.1) is 0 Å². The molecule has 0 saturated carbocycles. The monoisotopic (exact) mass is 524 g/mol. The maximum atomic E-state index is 8.93. The Morgan fingerprint density at radius 1 is 0.625 bits per heavy atom. The molecule has 0 aliphatic carbocycles. The van der Waals surface area contributed by atoms with Crippen molar-refractivity contribution in [3.8, 4) is 0 Å². The summed E-state index contributed by atoms with van der Waals surface area (Å²) in [4.78, 5) is 0. The maximum Gasteiger partial charge on any atom is 4.00 e. The van der Waals surface area contributed by atoms with Gasteiger partial charge in [-0.15, -0.1) is 26.4 Å². The Kier molecular flexibility index (Phi) is 334. The third-order valence-corrected chi connectivity index (χ3v) is 0. The predicted octanol–water partition coefficient (Wildman–Crippen LogP) is -3.46. The Balaban J connectivity index is -0.00000000821. The summed E-state index contributed by atoms with van der Waals surface area (Å²) in [5, 5.41) is 35.7. The first-order valence-electron chi connectivity index (χ1n) is 3.98. The molecule has 92 valence electrons. The summed E-state index contributed by atoms with van der Waals surface area (Å²) in [6.07, 6.45) is 0. The van der Waals surface area contributed by atoms with Crippen molar-refractivity contribution in [2.75, 3.05) is 26.4 Å². The summed E-state index contributed by atoms with van der Waals surface area (Å²) in [5.41, 5.74) is 0. The van der Waals surface area contributed by atoms with Crippen LogP contribution in [0.3, 0.4) is 0 Å².